The zero-order chi connectivity index (χ0) is 20.2. The van der Waals surface area contributed by atoms with Gasteiger partial charge in [-0.2, -0.15) is 5.10 Å². The van der Waals surface area contributed by atoms with Crippen molar-refractivity contribution >= 4 is 22.8 Å². The average molecular weight is 395 g/mol. The molecule has 1 amide bonds. The second-order valence-corrected chi connectivity index (χ2v) is 7.23. The first-order valence-electron chi connectivity index (χ1n) is 9.86. The lowest BCUT2D eigenvalue weighted by molar-refractivity contribution is -0.127. The van der Waals surface area contributed by atoms with Gasteiger partial charge in [0.05, 0.1) is 31.2 Å². The van der Waals surface area contributed by atoms with Gasteiger partial charge >= 0.3 is 0 Å². The second kappa shape index (κ2) is 8.59. The number of nitrogens with zero attached hydrogens (tertiary/aromatic N) is 6. The predicted octanol–water partition coefficient (Wildman–Crippen LogP) is 0.442. The molecule has 2 aromatic heterocycles. The van der Waals surface area contributed by atoms with E-state index in [1.54, 1.807) is 4.90 Å². The molecule has 1 atom stereocenters. The molecule has 2 aliphatic heterocycles. The van der Waals surface area contributed by atoms with Gasteiger partial charge in [0.2, 0.25) is 5.91 Å². The molecule has 4 rings (SSSR count). The summed E-state index contributed by atoms with van der Waals surface area (Å²) in [7, 11) is 0. The minimum Gasteiger partial charge on any atom is -0.383 e. The van der Waals surface area contributed by atoms with Gasteiger partial charge in [-0.05, 0) is 24.8 Å². The van der Waals surface area contributed by atoms with Crippen LogP contribution in [0.3, 0.4) is 0 Å². The third-order valence-corrected chi connectivity index (χ3v) is 5.36. The van der Waals surface area contributed by atoms with Gasteiger partial charge in [0.1, 0.15) is 17.8 Å². The molecular weight excluding hydrogens is 370 g/mol. The van der Waals surface area contributed by atoms with Gasteiger partial charge in [-0.3, -0.25) is 9.69 Å². The van der Waals surface area contributed by atoms with Crippen molar-refractivity contribution in [2.24, 2.45) is 0 Å². The zero-order valence-corrected chi connectivity index (χ0v) is 16.4. The van der Waals surface area contributed by atoms with Crippen molar-refractivity contribution in [3.63, 3.8) is 0 Å². The number of amides is 1. The Morgan fingerprint density at radius 3 is 2.97 bits per heavy atom. The Balaban J connectivity index is 1.63. The first-order valence-corrected chi connectivity index (χ1v) is 9.86. The molecule has 2 saturated heterocycles. The van der Waals surface area contributed by atoms with Crippen molar-refractivity contribution in [2.45, 2.75) is 18.9 Å². The van der Waals surface area contributed by atoms with E-state index in [4.69, 9.17) is 15.6 Å². The lowest BCUT2D eigenvalue weighted by Gasteiger charge is -2.32. The minimum atomic E-state index is -0.0640. The number of rotatable bonds is 3. The first kappa shape index (κ1) is 19.4. The largest absolute Gasteiger partial charge is 0.383 e. The van der Waals surface area contributed by atoms with Crippen LogP contribution in [0.15, 0.2) is 19.0 Å². The number of piperidine rings is 1. The number of ether oxygens (including phenoxy) is 1. The highest BCUT2D eigenvalue weighted by molar-refractivity contribution is 5.90. The van der Waals surface area contributed by atoms with E-state index >= 15 is 0 Å². The second-order valence-electron chi connectivity index (χ2n) is 7.23. The molecule has 2 N–H and O–H groups in total. The Kier molecular flexibility index (Phi) is 5.74. The van der Waals surface area contributed by atoms with Crippen LogP contribution in [0.1, 0.15) is 24.6 Å². The molecule has 0 aliphatic carbocycles. The number of anilines is 1. The highest BCUT2D eigenvalue weighted by Crippen LogP contribution is 2.28. The number of carbonyl (C=O) groups is 1. The Morgan fingerprint density at radius 1 is 1.34 bits per heavy atom. The fourth-order valence-corrected chi connectivity index (χ4v) is 3.82. The molecular formula is C20H25N7O2. The third kappa shape index (κ3) is 4.09. The maximum atomic E-state index is 12.1. The number of likely N-dealkylation sites (tertiary alicyclic amines) is 1. The van der Waals surface area contributed by atoms with Crippen molar-refractivity contribution in [3.8, 4) is 11.8 Å². The molecule has 9 nitrogen and oxygen atoms in total. The predicted molar refractivity (Wildman–Crippen MR) is 109 cm³/mol. The summed E-state index contributed by atoms with van der Waals surface area (Å²) in [6.45, 7) is 8.76. The fraction of sp³-hybridized carbons (Fsp3) is 0.500. The molecule has 2 fully saturated rings. The van der Waals surface area contributed by atoms with Gasteiger partial charge in [0.15, 0.2) is 5.65 Å². The van der Waals surface area contributed by atoms with E-state index < -0.39 is 0 Å². The summed E-state index contributed by atoms with van der Waals surface area (Å²) in [4.78, 5) is 24.6. The van der Waals surface area contributed by atoms with Crippen LogP contribution in [0, 0.1) is 11.8 Å². The number of hydrogen-bond acceptors (Lipinski definition) is 7. The Hall–Kier alpha value is -2.96. The number of fused-ring (bicyclic) bond motifs is 1. The van der Waals surface area contributed by atoms with E-state index in [0.717, 1.165) is 45.7 Å². The summed E-state index contributed by atoms with van der Waals surface area (Å²) in [5.41, 5.74) is 7.37. The standard InChI is InChI=1S/C20H25N7O2/c1-2-17(28)26-8-3-5-15(13-26)27-20-18(19(21)22-14-23-20)16(24-27)6-4-7-25-9-11-29-12-10-25/h2,14-15H,1,3,5,7-13H2,(H2,21,22,23). The monoisotopic (exact) mass is 395 g/mol. The molecule has 0 radical (unpaired) electrons. The average Bonchev–Trinajstić information content (AvgIpc) is 3.14. The number of nitrogens with two attached hydrogens (primary N) is 1. The van der Waals surface area contributed by atoms with E-state index in [-0.39, 0.29) is 11.9 Å². The maximum Gasteiger partial charge on any atom is 0.246 e. The van der Waals surface area contributed by atoms with Crippen LogP contribution in [0.25, 0.3) is 11.0 Å². The van der Waals surface area contributed by atoms with Crippen LogP contribution >= 0.6 is 0 Å². The zero-order valence-electron chi connectivity index (χ0n) is 16.4. The van der Waals surface area contributed by atoms with Crippen LogP contribution in [0.2, 0.25) is 0 Å². The summed E-state index contributed by atoms with van der Waals surface area (Å²) < 4.78 is 7.22. The fourth-order valence-electron chi connectivity index (χ4n) is 3.82. The van der Waals surface area contributed by atoms with E-state index in [1.165, 1.54) is 12.4 Å². The highest BCUT2D eigenvalue weighted by Gasteiger charge is 2.27. The van der Waals surface area contributed by atoms with Crippen molar-refractivity contribution in [2.75, 3.05) is 51.7 Å². The van der Waals surface area contributed by atoms with Crippen LogP contribution in [0.5, 0.6) is 0 Å². The summed E-state index contributed by atoms with van der Waals surface area (Å²) in [5, 5.41) is 5.40. The van der Waals surface area contributed by atoms with Gasteiger partial charge < -0.3 is 15.4 Å². The molecule has 1 unspecified atom stereocenters. The Morgan fingerprint density at radius 2 is 2.17 bits per heavy atom. The van der Waals surface area contributed by atoms with Crippen LogP contribution < -0.4 is 5.73 Å². The normalized spacial score (nSPS) is 20.3. The Bertz CT molecular complexity index is 968. The molecule has 0 bridgehead atoms. The molecule has 9 heteroatoms. The third-order valence-electron chi connectivity index (χ3n) is 5.36. The summed E-state index contributed by atoms with van der Waals surface area (Å²) in [6, 6.07) is 0.0132. The van der Waals surface area contributed by atoms with Crippen LogP contribution in [-0.2, 0) is 9.53 Å². The number of aromatic nitrogens is 4. The molecule has 0 spiro atoms. The molecule has 2 aliphatic rings. The van der Waals surface area contributed by atoms with Crippen molar-refractivity contribution in [1.29, 1.82) is 0 Å². The maximum absolute atomic E-state index is 12.1. The van der Waals surface area contributed by atoms with Gasteiger partial charge in [-0.1, -0.05) is 12.5 Å². The smallest absolute Gasteiger partial charge is 0.246 e. The molecule has 4 heterocycles. The van der Waals surface area contributed by atoms with Crippen molar-refractivity contribution < 1.29 is 9.53 Å². The highest BCUT2D eigenvalue weighted by atomic mass is 16.5. The van der Waals surface area contributed by atoms with E-state index in [2.05, 4.69) is 33.3 Å². The molecule has 152 valence electrons. The summed E-state index contributed by atoms with van der Waals surface area (Å²) in [5.74, 6) is 6.66. The lowest BCUT2D eigenvalue weighted by atomic mass is 10.1. The number of morpholine rings is 1. The quantitative estimate of drug-likeness (QED) is 0.594. The SMILES string of the molecule is C=CC(=O)N1CCCC(n2nc(C#CCN3CCOCC3)c3c(N)ncnc32)C1. The van der Waals surface area contributed by atoms with Gasteiger partial charge in [0, 0.05) is 26.2 Å². The first-order chi connectivity index (χ1) is 14.2. The van der Waals surface area contributed by atoms with Crippen LogP contribution in [-0.4, -0.2) is 81.4 Å². The lowest BCUT2D eigenvalue weighted by Crippen LogP contribution is -2.40. The Labute approximate surface area is 169 Å². The minimum absolute atomic E-state index is 0.0132. The molecule has 0 aromatic carbocycles. The van der Waals surface area contributed by atoms with Crippen molar-refractivity contribution in [1.82, 2.24) is 29.5 Å². The molecule has 0 saturated carbocycles. The van der Waals surface area contributed by atoms with Gasteiger partial charge in [-0.25, -0.2) is 14.6 Å². The van der Waals surface area contributed by atoms with Crippen molar-refractivity contribution in [3.05, 3.63) is 24.7 Å². The molecule has 2 aromatic rings. The number of hydrogen-bond donors (Lipinski definition) is 1. The van der Waals surface area contributed by atoms with Crippen LogP contribution in [0.4, 0.5) is 5.82 Å². The summed E-state index contributed by atoms with van der Waals surface area (Å²) in [6.07, 6.45) is 4.59. The van der Waals surface area contributed by atoms with E-state index in [0.29, 0.717) is 35.6 Å². The van der Waals surface area contributed by atoms with Gasteiger partial charge in [0.25, 0.3) is 0 Å². The topological polar surface area (TPSA) is 102 Å². The number of carbonyl (C=O) groups excluding carboxylic acids is 1. The van der Waals surface area contributed by atoms with E-state index in [1.807, 2.05) is 4.68 Å². The summed E-state index contributed by atoms with van der Waals surface area (Å²) >= 11 is 0. The number of nitrogen functional groups attached to an aromatic ring is 1. The molecule has 29 heavy (non-hydrogen) atoms. The van der Waals surface area contributed by atoms with E-state index in [9.17, 15) is 4.79 Å². The van der Waals surface area contributed by atoms with Gasteiger partial charge in [-0.15, -0.1) is 0 Å².